The topological polar surface area (TPSA) is 90.1 Å². The molecule has 26 heavy (non-hydrogen) atoms. The summed E-state index contributed by atoms with van der Waals surface area (Å²) in [6.45, 7) is 10.8. The van der Waals surface area contributed by atoms with Crippen molar-refractivity contribution in [1.82, 2.24) is 19.7 Å². The Labute approximate surface area is 152 Å². The lowest BCUT2D eigenvalue weighted by atomic mass is 10.1. The third-order valence-electron chi connectivity index (χ3n) is 4.81. The molecule has 136 valence electrons. The fourth-order valence-electron chi connectivity index (χ4n) is 2.34. The number of hydrogen-bond donors (Lipinski definition) is 1. The lowest BCUT2D eigenvalue weighted by Gasteiger charge is -2.36. The molecule has 0 unspecified atom stereocenters. The zero-order chi connectivity index (χ0) is 19.1. The number of carboxylic acid groups (broad SMARTS) is 1. The summed E-state index contributed by atoms with van der Waals surface area (Å²) in [5.41, 5.74) is 1.60. The Morgan fingerprint density at radius 3 is 2.46 bits per heavy atom. The molecule has 0 aliphatic rings. The molecule has 0 aliphatic carbocycles. The highest BCUT2D eigenvalue weighted by molar-refractivity contribution is 6.74. The standard InChI is InChI=1S/C18H22N4O3Si/c1-18(2,3)26(4,5)25-13-10-14-15(12-6-8-19-9-7-12)21-22(17(23)24)16(14)20-11-13/h6-11H,1-5H3,(H,23,24). The minimum atomic E-state index is -2.04. The Balaban J connectivity index is 2.15. The van der Waals surface area contributed by atoms with Crippen LogP contribution in [-0.4, -0.2) is 39.3 Å². The Morgan fingerprint density at radius 2 is 1.88 bits per heavy atom. The Bertz CT molecular complexity index is 962. The van der Waals surface area contributed by atoms with Gasteiger partial charge in [0.15, 0.2) is 5.65 Å². The first-order valence-corrected chi connectivity index (χ1v) is 11.2. The summed E-state index contributed by atoms with van der Waals surface area (Å²) in [5, 5.41) is 14.3. The number of nitrogens with zero attached hydrogens (tertiary/aromatic N) is 4. The summed E-state index contributed by atoms with van der Waals surface area (Å²) in [7, 11) is -2.04. The fraction of sp³-hybridized carbons (Fsp3) is 0.333. The van der Waals surface area contributed by atoms with Crippen molar-refractivity contribution in [1.29, 1.82) is 0 Å². The lowest BCUT2D eigenvalue weighted by Crippen LogP contribution is -2.43. The molecule has 0 bridgehead atoms. The summed E-state index contributed by atoms with van der Waals surface area (Å²) < 4.78 is 7.20. The van der Waals surface area contributed by atoms with Crippen LogP contribution in [0.4, 0.5) is 4.79 Å². The van der Waals surface area contributed by atoms with Gasteiger partial charge in [0, 0.05) is 18.0 Å². The van der Waals surface area contributed by atoms with Crippen molar-refractivity contribution >= 4 is 25.4 Å². The van der Waals surface area contributed by atoms with Gasteiger partial charge in [0.05, 0.1) is 11.6 Å². The smallest absolute Gasteiger partial charge is 0.434 e. The van der Waals surface area contributed by atoms with Gasteiger partial charge in [-0.25, -0.2) is 9.78 Å². The molecule has 3 rings (SSSR count). The van der Waals surface area contributed by atoms with Gasteiger partial charge in [-0.3, -0.25) is 4.98 Å². The van der Waals surface area contributed by atoms with Crippen LogP contribution in [0, 0.1) is 0 Å². The van der Waals surface area contributed by atoms with Gasteiger partial charge >= 0.3 is 6.09 Å². The quantitative estimate of drug-likeness (QED) is 0.687. The largest absolute Gasteiger partial charge is 0.542 e. The first kappa shape index (κ1) is 18.1. The van der Waals surface area contributed by atoms with Crippen LogP contribution < -0.4 is 4.43 Å². The highest BCUT2D eigenvalue weighted by Gasteiger charge is 2.39. The van der Waals surface area contributed by atoms with Crippen LogP contribution in [0.25, 0.3) is 22.3 Å². The van der Waals surface area contributed by atoms with Gasteiger partial charge in [-0.2, -0.15) is 5.10 Å². The summed E-state index contributed by atoms with van der Waals surface area (Å²) in [5.74, 6) is 0.629. The molecular weight excluding hydrogens is 348 g/mol. The molecule has 3 aromatic rings. The van der Waals surface area contributed by atoms with E-state index in [4.69, 9.17) is 4.43 Å². The first-order valence-electron chi connectivity index (χ1n) is 8.32. The van der Waals surface area contributed by atoms with E-state index in [1.54, 1.807) is 30.7 Å². The third kappa shape index (κ3) is 3.19. The van der Waals surface area contributed by atoms with Gasteiger partial charge in [-0.15, -0.1) is 4.68 Å². The monoisotopic (exact) mass is 370 g/mol. The molecule has 0 aromatic carbocycles. The highest BCUT2D eigenvalue weighted by atomic mass is 28.4. The molecule has 0 fully saturated rings. The van der Waals surface area contributed by atoms with E-state index in [9.17, 15) is 9.90 Å². The summed E-state index contributed by atoms with van der Waals surface area (Å²) in [6.07, 6.45) is 3.68. The molecule has 1 N–H and O–H groups in total. The highest BCUT2D eigenvalue weighted by Crippen LogP contribution is 2.38. The average Bonchev–Trinajstić information content (AvgIpc) is 2.93. The second-order valence-corrected chi connectivity index (χ2v) is 12.4. The third-order valence-corrected chi connectivity index (χ3v) is 9.17. The zero-order valence-electron chi connectivity index (χ0n) is 15.5. The minimum absolute atomic E-state index is 0.0428. The Kier molecular flexibility index (Phi) is 4.31. The maximum absolute atomic E-state index is 11.5. The van der Waals surface area contributed by atoms with Crippen LogP contribution in [0.15, 0.2) is 36.8 Å². The van der Waals surface area contributed by atoms with Gasteiger partial charge in [0.2, 0.25) is 0 Å². The zero-order valence-corrected chi connectivity index (χ0v) is 16.5. The molecule has 7 nitrogen and oxygen atoms in total. The van der Waals surface area contributed by atoms with E-state index >= 15 is 0 Å². The maximum Gasteiger partial charge on any atom is 0.434 e. The van der Waals surface area contributed by atoms with Crippen LogP contribution in [0.5, 0.6) is 5.75 Å². The second-order valence-electron chi connectivity index (χ2n) is 7.68. The molecule has 0 saturated carbocycles. The molecule has 0 amide bonds. The SMILES string of the molecule is CC(C)(C)[Si](C)(C)Oc1cnc2c(c1)c(-c1ccncc1)nn2C(=O)O. The molecule has 3 heterocycles. The predicted octanol–water partition coefficient (Wildman–Crippen LogP) is 4.40. The van der Waals surface area contributed by atoms with Gasteiger partial charge < -0.3 is 9.53 Å². The van der Waals surface area contributed by atoms with Crippen molar-refractivity contribution in [3.8, 4) is 17.0 Å². The van der Waals surface area contributed by atoms with Crippen LogP contribution in [0.2, 0.25) is 18.1 Å². The number of fused-ring (bicyclic) bond motifs is 1. The molecule has 0 aliphatic heterocycles. The molecule has 0 saturated heterocycles. The van der Waals surface area contributed by atoms with Crippen molar-refractivity contribution in [3.05, 3.63) is 36.8 Å². The molecule has 0 spiro atoms. The second kappa shape index (κ2) is 6.21. The van der Waals surface area contributed by atoms with E-state index in [2.05, 4.69) is 48.9 Å². The van der Waals surface area contributed by atoms with E-state index in [1.165, 1.54) is 0 Å². The van der Waals surface area contributed by atoms with E-state index in [1.807, 2.05) is 6.07 Å². The number of pyridine rings is 2. The number of hydrogen-bond acceptors (Lipinski definition) is 5. The summed E-state index contributed by atoms with van der Waals surface area (Å²) >= 11 is 0. The first-order chi connectivity index (χ1) is 12.1. The molecule has 3 aromatic heterocycles. The van der Waals surface area contributed by atoms with Gasteiger partial charge in [-0.1, -0.05) is 20.8 Å². The number of rotatable bonds is 3. The van der Waals surface area contributed by atoms with E-state index < -0.39 is 14.4 Å². The molecule has 0 atom stereocenters. The fourth-order valence-corrected chi connectivity index (χ4v) is 3.35. The Hall–Kier alpha value is -2.74. The lowest BCUT2D eigenvalue weighted by molar-refractivity contribution is 0.194. The van der Waals surface area contributed by atoms with Crippen LogP contribution in [0.1, 0.15) is 20.8 Å². The Morgan fingerprint density at radius 1 is 1.23 bits per heavy atom. The molecule has 0 radical (unpaired) electrons. The van der Waals surface area contributed by atoms with Gasteiger partial charge in [0.25, 0.3) is 8.32 Å². The molecule has 8 heteroatoms. The van der Waals surface area contributed by atoms with E-state index in [0.717, 1.165) is 10.2 Å². The van der Waals surface area contributed by atoms with Gasteiger partial charge in [0.1, 0.15) is 11.4 Å². The predicted molar refractivity (Wildman–Crippen MR) is 102 cm³/mol. The van der Waals surface area contributed by atoms with Crippen LogP contribution >= 0.6 is 0 Å². The van der Waals surface area contributed by atoms with Crippen molar-refractivity contribution < 1.29 is 14.3 Å². The number of aromatic nitrogens is 4. The van der Waals surface area contributed by atoms with Gasteiger partial charge in [-0.05, 0) is 36.3 Å². The number of carbonyl (C=O) groups is 1. The van der Waals surface area contributed by atoms with E-state index in [0.29, 0.717) is 16.8 Å². The normalized spacial score (nSPS) is 12.3. The van der Waals surface area contributed by atoms with Crippen LogP contribution in [0.3, 0.4) is 0 Å². The summed E-state index contributed by atoms with van der Waals surface area (Å²) in [6, 6.07) is 5.40. The van der Waals surface area contributed by atoms with Crippen molar-refractivity contribution in [2.24, 2.45) is 0 Å². The van der Waals surface area contributed by atoms with Crippen LogP contribution in [-0.2, 0) is 0 Å². The van der Waals surface area contributed by atoms with Crippen molar-refractivity contribution in [2.45, 2.75) is 38.9 Å². The average molecular weight is 370 g/mol. The molecular formula is C18H22N4O3Si. The summed E-state index contributed by atoms with van der Waals surface area (Å²) in [4.78, 5) is 19.8. The van der Waals surface area contributed by atoms with Crippen molar-refractivity contribution in [3.63, 3.8) is 0 Å². The minimum Gasteiger partial charge on any atom is -0.542 e. The van der Waals surface area contributed by atoms with E-state index in [-0.39, 0.29) is 10.7 Å². The maximum atomic E-state index is 11.5. The van der Waals surface area contributed by atoms with Crippen molar-refractivity contribution in [2.75, 3.05) is 0 Å².